The number of ether oxygens (including phenoxy) is 1. The van der Waals surface area contributed by atoms with Crippen LogP contribution in [0.15, 0.2) is 47.6 Å². The van der Waals surface area contributed by atoms with E-state index in [1.54, 1.807) is 19.2 Å². The minimum Gasteiger partial charge on any atom is -0.461 e. The van der Waals surface area contributed by atoms with E-state index in [1.807, 2.05) is 30.3 Å². The maximum Gasteiger partial charge on any atom is 0.356 e. The summed E-state index contributed by atoms with van der Waals surface area (Å²) < 4.78 is 5.08. The summed E-state index contributed by atoms with van der Waals surface area (Å²) in [5, 5.41) is 0. The number of esters is 1. The summed E-state index contributed by atoms with van der Waals surface area (Å²) in [6, 6.07) is 10.1. The molecule has 0 amide bonds. The summed E-state index contributed by atoms with van der Waals surface area (Å²) in [6.45, 7) is 2.58. The summed E-state index contributed by atoms with van der Waals surface area (Å²) in [4.78, 5) is 22.0. The Balaban J connectivity index is 1.86. The van der Waals surface area contributed by atoms with Gasteiger partial charge in [-0.25, -0.2) is 4.79 Å². The number of carbonyl (C=O) groups is 1. The monoisotopic (exact) mass is 330 g/mol. The summed E-state index contributed by atoms with van der Waals surface area (Å²) >= 11 is 0. The fraction of sp³-hybridized carbons (Fsp3) is 0.474. The molecule has 1 aromatic rings. The lowest BCUT2D eigenvalue weighted by Gasteiger charge is -2.18. The minimum absolute atomic E-state index is 0.216. The molecule has 2 rings (SSSR count). The molecule has 1 aliphatic carbocycles. The molecule has 130 valence electrons. The van der Waals surface area contributed by atoms with Crippen LogP contribution in [0.1, 0.15) is 44.6 Å². The van der Waals surface area contributed by atoms with Crippen LogP contribution < -0.4 is 5.48 Å². The van der Waals surface area contributed by atoms with Gasteiger partial charge in [-0.3, -0.25) is 15.3 Å². The number of nitrogens with one attached hydrogen (secondary N) is 1. The van der Waals surface area contributed by atoms with E-state index in [1.165, 1.54) is 19.3 Å². The molecule has 0 spiro atoms. The van der Waals surface area contributed by atoms with Gasteiger partial charge in [0, 0.05) is 6.20 Å². The van der Waals surface area contributed by atoms with E-state index in [-0.39, 0.29) is 12.0 Å². The van der Waals surface area contributed by atoms with Crippen LogP contribution in [-0.2, 0) is 21.0 Å². The molecule has 0 heterocycles. The first-order valence-electron chi connectivity index (χ1n) is 8.62. The quantitative estimate of drug-likeness (QED) is 0.343. The lowest BCUT2D eigenvalue weighted by molar-refractivity contribution is -0.134. The molecule has 1 aromatic carbocycles. The van der Waals surface area contributed by atoms with E-state index < -0.39 is 0 Å². The van der Waals surface area contributed by atoms with Gasteiger partial charge < -0.3 is 4.74 Å². The topological polar surface area (TPSA) is 59.9 Å². The standard InChI is InChI=1S/C19H26N2O3/c1-2-23-19(22)18(21-17-11-7-4-8-12-17)13-14-20-24-15-16-9-5-3-6-10-16/h3,5-6,9-10,13-14,17,20H,2,4,7-8,11-12,15H2,1H3/b14-13+,21-18?. The zero-order valence-electron chi connectivity index (χ0n) is 14.2. The fourth-order valence-electron chi connectivity index (χ4n) is 2.64. The highest BCUT2D eigenvalue weighted by molar-refractivity contribution is 6.41. The largest absolute Gasteiger partial charge is 0.461 e. The van der Waals surface area contributed by atoms with Gasteiger partial charge in [0.15, 0.2) is 0 Å². The molecule has 1 saturated carbocycles. The number of hydrogen-bond acceptors (Lipinski definition) is 5. The van der Waals surface area contributed by atoms with Gasteiger partial charge in [-0.2, -0.15) is 0 Å². The first kappa shape index (κ1) is 18.2. The molecule has 0 aromatic heterocycles. The van der Waals surface area contributed by atoms with Crippen LogP contribution >= 0.6 is 0 Å². The van der Waals surface area contributed by atoms with E-state index in [0.29, 0.717) is 18.9 Å². The molecule has 1 N–H and O–H groups in total. The zero-order valence-corrected chi connectivity index (χ0v) is 14.2. The van der Waals surface area contributed by atoms with E-state index in [0.717, 1.165) is 18.4 Å². The SMILES string of the molecule is CCOC(=O)C(/C=C/NOCc1ccccc1)=NC1CCCCC1. The highest BCUT2D eigenvalue weighted by Crippen LogP contribution is 2.20. The molecule has 0 saturated heterocycles. The van der Waals surface area contributed by atoms with Crippen LogP contribution in [0.2, 0.25) is 0 Å². The van der Waals surface area contributed by atoms with Gasteiger partial charge in [0.1, 0.15) is 5.71 Å². The van der Waals surface area contributed by atoms with Crippen LogP contribution in [0.25, 0.3) is 0 Å². The minimum atomic E-state index is -0.385. The second kappa shape index (κ2) is 10.6. The van der Waals surface area contributed by atoms with Gasteiger partial charge in [-0.1, -0.05) is 49.6 Å². The highest BCUT2D eigenvalue weighted by Gasteiger charge is 2.16. The predicted octanol–water partition coefficient (Wildman–Crippen LogP) is 3.56. The van der Waals surface area contributed by atoms with Crippen molar-refractivity contribution in [1.29, 1.82) is 0 Å². The van der Waals surface area contributed by atoms with E-state index in [2.05, 4.69) is 10.5 Å². The van der Waals surface area contributed by atoms with Crippen molar-refractivity contribution in [2.45, 2.75) is 51.7 Å². The van der Waals surface area contributed by atoms with Gasteiger partial charge in [-0.15, -0.1) is 0 Å². The molecule has 5 heteroatoms. The van der Waals surface area contributed by atoms with Gasteiger partial charge in [0.25, 0.3) is 0 Å². The zero-order chi connectivity index (χ0) is 17.0. The van der Waals surface area contributed by atoms with Crippen molar-refractivity contribution in [1.82, 2.24) is 5.48 Å². The molecular weight excluding hydrogens is 304 g/mol. The summed E-state index contributed by atoms with van der Waals surface area (Å²) in [7, 11) is 0. The van der Waals surface area contributed by atoms with Crippen LogP contribution in [0.4, 0.5) is 0 Å². The Morgan fingerprint density at radius 1 is 1.25 bits per heavy atom. The summed E-state index contributed by atoms with van der Waals surface area (Å²) in [5.41, 5.74) is 4.15. The average molecular weight is 330 g/mol. The highest BCUT2D eigenvalue weighted by atomic mass is 16.6. The Bertz CT molecular complexity index is 549. The normalized spacial score (nSPS) is 16.3. The van der Waals surface area contributed by atoms with Gasteiger partial charge in [0.05, 0.1) is 19.3 Å². The number of nitrogens with zero attached hydrogens (tertiary/aromatic N) is 1. The smallest absolute Gasteiger partial charge is 0.356 e. The van der Waals surface area contributed by atoms with E-state index >= 15 is 0 Å². The lowest BCUT2D eigenvalue weighted by Crippen LogP contribution is -2.21. The number of rotatable bonds is 8. The lowest BCUT2D eigenvalue weighted by atomic mass is 9.96. The van der Waals surface area contributed by atoms with Crippen LogP contribution in [-0.4, -0.2) is 24.3 Å². The molecular formula is C19H26N2O3. The average Bonchev–Trinajstić information content (AvgIpc) is 2.62. The number of hydroxylamine groups is 1. The molecule has 0 atom stereocenters. The number of hydrogen-bond donors (Lipinski definition) is 1. The van der Waals surface area contributed by atoms with E-state index in [9.17, 15) is 4.79 Å². The fourth-order valence-corrected chi connectivity index (χ4v) is 2.64. The molecule has 0 bridgehead atoms. The van der Waals surface area contributed by atoms with Crippen molar-refractivity contribution in [2.75, 3.05) is 6.61 Å². The molecule has 0 aliphatic heterocycles. The van der Waals surface area contributed by atoms with Crippen LogP contribution in [0, 0.1) is 0 Å². The molecule has 1 fully saturated rings. The maximum absolute atomic E-state index is 12.0. The Morgan fingerprint density at radius 2 is 2.00 bits per heavy atom. The van der Waals surface area contributed by atoms with Crippen LogP contribution in [0.5, 0.6) is 0 Å². The Labute approximate surface area is 143 Å². The van der Waals surface area contributed by atoms with Gasteiger partial charge in [-0.05, 0) is 31.4 Å². The summed E-state index contributed by atoms with van der Waals surface area (Å²) in [6.07, 6.45) is 8.88. The second-order valence-corrected chi connectivity index (χ2v) is 5.75. The van der Waals surface area contributed by atoms with Crippen molar-refractivity contribution in [3.05, 3.63) is 48.2 Å². The maximum atomic E-state index is 12.0. The van der Waals surface area contributed by atoms with Crippen molar-refractivity contribution >= 4 is 11.7 Å². The Hall–Kier alpha value is -2.14. The third-order valence-corrected chi connectivity index (χ3v) is 3.86. The van der Waals surface area contributed by atoms with Gasteiger partial charge in [0.2, 0.25) is 0 Å². The third kappa shape index (κ3) is 6.54. The Kier molecular flexibility index (Phi) is 8.04. The van der Waals surface area contributed by atoms with Crippen LogP contribution in [0.3, 0.4) is 0 Å². The van der Waals surface area contributed by atoms with Crippen molar-refractivity contribution < 1.29 is 14.4 Å². The number of aliphatic imine (C=N–C) groups is 1. The molecule has 0 radical (unpaired) electrons. The van der Waals surface area contributed by atoms with Crippen molar-refractivity contribution in [3.8, 4) is 0 Å². The van der Waals surface area contributed by atoms with Crippen molar-refractivity contribution in [3.63, 3.8) is 0 Å². The summed E-state index contributed by atoms with van der Waals surface area (Å²) in [5.74, 6) is -0.385. The van der Waals surface area contributed by atoms with Crippen molar-refractivity contribution in [2.24, 2.45) is 4.99 Å². The molecule has 24 heavy (non-hydrogen) atoms. The number of benzene rings is 1. The molecule has 1 aliphatic rings. The first-order chi connectivity index (χ1) is 11.8. The van der Waals surface area contributed by atoms with Gasteiger partial charge >= 0.3 is 5.97 Å². The third-order valence-electron chi connectivity index (χ3n) is 3.86. The van der Waals surface area contributed by atoms with E-state index in [4.69, 9.17) is 9.57 Å². The second-order valence-electron chi connectivity index (χ2n) is 5.75. The first-order valence-corrected chi connectivity index (χ1v) is 8.62. The predicted molar refractivity (Wildman–Crippen MR) is 94.4 cm³/mol. The Morgan fingerprint density at radius 3 is 2.71 bits per heavy atom. The molecule has 5 nitrogen and oxygen atoms in total. The number of carbonyl (C=O) groups excluding carboxylic acids is 1. The molecule has 0 unspecified atom stereocenters.